The summed E-state index contributed by atoms with van der Waals surface area (Å²) in [6.07, 6.45) is 4.44. The van der Waals surface area contributed by atoms with Gasteiger partial charge in [-0.15, -0.1) is 0 Å². The van der Waals surface area contributed by atoms with Crippen molar-refractivity contribution in [1.29, 1.82) is 0 Å². The number of halogens is 1. The van der Waals surface area contributed by atoms with Crippen LogP contribution in [0.1, 0.15) is 74.0 Å². The number of nitrogens with zero attached hydrogens (tertiary/aromatic N) is 1. The first-order valence-corrected chi connectivity index (χ1v) is 13.7. The molecule has 2 aromatic carbocycles. The second kappa shape index (κ2) is 14.1. The molecule has 0 unspecified atom stereocenters. The maximum atomic E-state index is 11.9. The molecule has 0 aromatic heterocycles. The fraction of sp³-hybridized carbons (Fsp3) is 0.567. The van der Waals surface area contributed by atoms with Crippen molar-refractivity contribution in [3.05, 3.63) is 69.2 Å². The van der Waals surface area contributed by atoms with Gasteiger partial charge in [0, 0.05) is 24.0 Å². The smallest absolute Gasteiger partial charge is 0.306 e. The molecule has 0 radical (unpaired) electrons. The summed E-state index contributed by atoms with van der Waals surface area (Å²) in [4.78, 5) is 14.3. The Morgan fingerprint density at radius 2 is 2.06 bits per heavy atom. The summed E-state index contributed by atoms with van der Waals surface area (Å²) >= 11 is 6.30. The summed E-state index contributed by atoms with van der Waals surface area (Å²) in [5.74, 6) is -0.180. The third-order valence-corrected chi connectivity index (χ3v) is 7.58. The molecule has 5 nitrogen and oxygen atoms in total. The van der Waals surface area contributed by atoms with Crippen LogP contribution in [0, 0.1) is 6.92 Å². The predicted molar refractivity (Wildman–Crippen MR) is 146 cm³/mol. The van der Waals surface area contributed by atoms with Gasteiger partial charge >= 0.3 is 5.97 Å². The van der Waals surface area contributed by atoms with Crippen LogP contribution in [0.5, 0.6) is 0 Å². The van der Waals surface area contributed by atoms with Crippen LogP contribution >= 0.6 is 11.6 Å². The molecule has 1 saturated heterocycles. The van der Waals surface area contributed by atoms with Crippen molar-refractivity contribution in [2.75, 3.05) is 26.3 Å². The summed E-state index contributed by atoms with van der Waals surface area (Å²) in [5.41, 5.74) is 5.84. The molecule has 1 fully saturated rings. The van der Waals surface area contributed by atoms with Crippen LogP contribution in [0.15, 0.2) is 36.4 Å². The maximum Gasteiger partial charge on any atom is 0.306 e. The van der Waals surface area contributed by atoms with E-state index in [4.69, 9.17) is 21.1 Å². The number of esters is 1. The molecule has 1 N–H and O–H groups in total. The van der Waals surface area contributed by atoms with Gasteiger partial charge in [0.1, 0.15) is 0 Å². The zero-order valence-electron chi connectivity index (χ0n) is 22.3. The molecule has 0 bridgehead atoms. The van der Waals surface area contributed by atoms with E-state index in [1.165, 1.54) is 11.1 Å². The van der Waals surface area contributed by atoms with E-state index in [0.717, 1.165) is 53.9 Å². The van der Waals surface area contributed by atoms with Crippen LogP contribution in [0.4, 0.5) is 0 Å². The average Bonchev–Trinajstić information content (AvgIpc) is 3.29. The highest BCUT2D eigenvalue weighted by Gasteiger charge is 2.27. The van der Waals surface area contributed by atoms with Crippen LogP contribution in [0.2, 0.25) is 5.02 Å². The van der Waals surface area contributed by atoms with Crippen LogP contribution in [0.3, 0.4) is 0 Å². The number of aryl methyl sites for hydroxylation is 2. The van der Waals surface area contributed by atoms with Gasteiger partial charge in [-0.3, -0.25) is 9.69 Å². The highest BCUT2D eigenvalue weighted by atomic mass is 35.5. The average molecular weight is 516 g/mol. The number of likely N-dealkylation sites (tertiary alicyclic amines) is 1. The Balaban J connectivity index is 1.54. The number of aliphatic hydroxyl groups excluding tert-OH is 1. The molecular weight excluding hydrogens is 474 g/mol. The van der Waals surface area contributed by atoms with E-state index < -0.39 is 6.10 Å². The highest BCUT2D eigenvalue weighted by molar-refractivity contribution is 6.31. The molecular formula is C30H42ClNO4. The van der Waals surface area contributed by atoms with Crippen LogP contribution in [-0.4, -0.2) is 54.4 Å². The number of ether oxygens (including phenoxy) is 2. The second-order valence-electron chi connectivity index (χ2n) is 9.85. The maximum absolute atomic E-state index is 11.9. The van der Waals surface area contributed by atoms with E-state index in [-0.39, 0.29) is 18.7 Å². The number of benzene rings is 2. The lowest BCUT2D eigenvalue weighted by Gasteiger charge is -2.28. The van der Waals surface area contributed by atoms with Crippen molar-refractivity contribution in [2.24, 2.45) is 0 Å². The van der Waals surface area contributed by atoms with Gasteiger partial charge in [0.05, 0.1) is 25.4 Å². The number of aliphatic hydroxyl groups is 1. The summed E-state index contributed by atoms with van der Waals surface area (Å²) in [6, 6.07) is 12.9. The first-order valence-electron chi connectivity index (χ1n) is 13.4. The van der Waals surface area contributed by atoms with Crippen LogP contribution < -0.4 is 0 Å². The zero-order chi connectivity index (χ0) is 26.1. The molecule has 36 heavy (non-hydrogen) atoms. The molecule has 0 spiro atoms. The minimum absolute atomic E-state index is 0.173. The van der Waals surface area contributed by atoms with E-state index in [0.29, 0.717) is 32.0 Å². The Morgan fingerprint density at radius 3 is 2.81 bits per heavy atom. The number of carbonyl (C=O) groups excluding carboxylic acids is 1. The van der Waals surface area contributed by atoms with Crippen molar-refractivity contribution in [2.45, 2.75) is 84.5 Å². The number of β-amino-alcohol motifs (C(OH)–C–C–N with tert-alkyl or cyclic N) is 1. The minimum Gasteiger partial charge on any atom is -0.466 e. The summed E-state index contributed by atoms with van der Waals surface area (Å²) in [7, 11) is 0. The molecule has 6 heteroatoms. The van der Waals surface area contributed by atoms with Gasteiger partial charge in [-0.05, 0) is 93.3 Å². The van der Waals surface area contributed by atoms with Crippen molar-refractivity contribution >= 4 is 17.6 Å². The lowest BCUT2D eigenvalue weighted by atomic mass is 9.95. The molecule has 1 aliphatic rings. The summed E-state index contributed by atoms with van der Waals surface area (Å²) in [5, 5.41) is 11.7. The van der Waals surface area contributed by atoms with Crippen molar-refractivity contribution < 1.29 is 19.4 Å². The number of rotatable bonds is 13. The van der Waals surface area contributed by atoms with Gasteiger partial charge < -0.3 is 14.6 Å². The quantitative estimate of drug-likeness (QED) is 0.339. The molecule has 3 atom stereocenters. The van der Waals surface area contributed by atoms with Gasteiger partial charge in [-0.25, -0.2) is 0 Å². The molecule has 1 aliphatic heterocycles. The summed E-state index contributed by atoms with van der Waals surface area (Å²) < 4.78 is 11.2. The van der Waals surface area contributed by atoms with Crippen molar-refractivity contribution in [1.82, 2.24) is 4.90 Å². The van der Waals surface area contributed by atoms with E-state index in [1.54, 1.807) is 0 Å². The van der Waals surface area contributed by atoms with Gasteiger partial charge in [0.2, 0.25) is 0 Å². The number of carbonyl (C=O) groups is 1. The molecule has 2 aromatic rings. The fourth-order valence-electron chi connectivity index (χ4n) is 5.24. The number of hydrogen-bond acceptors (Lipinski definition) is 5. The Labute approximate surface area is 221 Å². The van der Waals surface area contributed by atoms with E-state index in [9.17, 15) is 9.90 Å². The molecule has 198 valence electrons. The van der Waals surface area contributed by atoms with E-state index in [1.807, 2.05) is 26.0 Å². The Hall–Kier alpha value is -1.92. The topological polar surface area (TPSA) is 59.0 Å². The lowest BCUT2D eigenvalue weighted by molar-refractivity contribution is -0.143. The summed E-state index contributed by atoms with van der Waals surface area (Å²) in [6.45, 7) is 10.3. The van der Waals surface area contributed by atoms with Gasteiger partial charge in [-0.1, -0.05) is 48.9 Å². The predicted octanol–water partition coefficient (Wildman–Crippen LogP) is 5.85. The first-order chi connectivity index (χ1) is 17.3. The Kier molecular flexibility index (Phi) is 11.2. The largest absolute Gasteiger partial charge is 0.466 e. The monoisotopic (exact) mass is 515 g/mol. The van der Waals surface area contributed by atoms with Crippen LogP contribution in [0.25, 0.3) is 0 Å². The lowest BCUT2D eigenvalue weighted by Crippen LogP contribution is -2.39. The standard InChI is InChI=1S/C30H42ClNO4/c1-5-24-17-23(12-14-29(24)31)18-25-10-8-16-32(25)19-26(33)20-36-22(4)28-11-7-9-21(3)27(28)13-15-30(34)35-6-2/h7,9,11-12,14,17,22,25-26,33H,5-6,8,10,13,15-16,18-20H2,1-4H3/t22-,25+,26-/m1/s1. The second-order valence-corrected chi connectivity index (χ2v) is 10.3. The van der Waals surface area contributed by atoms with Crippen molar-refractivity contribution in [3.63, 3.8) is 0 Å². The minimum atomic E-state index is -0.558. The normalized spacial score (nSPS) is 17.8. The van der Waals surface area contributed by atoms with Crippen LogP contribution in [-0.2, 0) is 33.5 Å². The van der Waals surface area contributed by atoms with E-state index in [2.05, 4.69) is 43.0 Å². The fourth-order valence-corrected chi connectivity index (χ4v) is 5.49. The van der Waals surface area contributed by atoms with E-state index >= 15 is 0 Å². The molecule has 0 aliphatic carbocycles. The zero-order valence-corrected chi connectivity index (χ0v) is 23.0. The third-order valence-electron chi connectivity index (χ3n) is 7.21. The first kappa shape index (κ1) is 28.6. The Bertz CT molecular complexity index is 995. The SMILES string of the molecule is CCOC(=O)CCc1c(C)cccc1[C@@H](C)OC[C@H](O)CN1CCC[C@H]1Cc1ccc(Cl)c(CC)c1. The molecule has 0 amide bonds. The van der Waals surface area contributed by atoms with Gasteiger partial charge in [0.15, 0.2) is 0 Å². The van der Waals surface area contributed by atoms with Gasteiger partial charge in [-0.2, -0.15) is 0 Å². The Morgan fingerprint density at radius 1 is 1.25 bits per heavy atom. The molecule has 1 heterocycles. The molecule has 0 saturated carbocycles. The van der Waals surface area contributed by atoms with Gasteiger partial charge in [0.25, 0.3) is 0 Å². The molecule has 3 rings (SSSR count). The highest BCUT2D eigenvalue weighted by Crippen LogP contribution is 2.27. The number of hydrogen-bond donors (Lipinski definition) is 1. The third kappa shape index (κ3) is 8.04. The van der Waals surface area contributed by atoms with Crippen molar-refractivity contribution in [3.8, 4) is 0 Å².